The Labute approximate surface area is 147 Å². The van der Waals surface area contributed by atoms with E-state index in [-0.39, 0.29) is 11.9 Å². The standard InChI is InChI=1S/C18H25N5O2/c1-5-19-17(24)15-9-7-14(8-10-15)11-20-18(25)21-16-12(3)22-23(6-2)13(16)4/h7-10H,5-6,11H2,1-4H3,(H,19,24)(H2,20,21,25). The van der Waals surface area contributed by atoms with Crippen LogP contribution < -0.4 is 16.0 Å². The molecule has 0 radical (unpaired) electrons. The van der Waals surface area contributed by atoms with Gasteiger partial charge in [0.05, 0.1) is 17.1 Å². The molecule has 1 aromatic carbocycles. The van der Waals surface area contributed by atoms with Crippen molar-refractivity contribution < 1.29 is 9.59 Å². The number of amides is 3. The first-order valence-corrected chi connectivity index (χ1v) is 8.42. The fourth-order valence-electron chi connectivity index (χ4n) is 2.56. The predicted molar refractivity (Wildman–Crippen MR) is 97.7 cm³/mol. The number of benzene rings is 1. The highest BCUT2D eigenvalue weighted by Crippen LogP contribution is 2.19. The van der Waals surface area contributed by atoms with E-state index in [2.05, 4.69) is 21.0 Å². The second-order valence-electron chi connectivity index (χ2n) is 5.73. The molecule has 0 aliphatic rings. The summed E-state index contributed by atoms with van der Waals surface area (Å²) in [6.45, 7) is 9.41. The maximum atomic E-state index is 12.1. The molecule has 0 fully saturated rings. The van der Waals surface area contributed by atoms with Crippen LogP contribution in [0.5, 0.6) is 0 Å². The number of hydrogen-bond acceptors (Lipinski definition) is 3. The second-order valence-corrected chi connectivity index (χ2v) is 5.73. The zero-order chi connectivity index (χ0) is 18.4. The highest BCUT2D eigenvalue weighted by molar-refractivity contribution is 5.94. The molecule has 3 N–H and O–H groups in total. The van der Waals surface area contributed by atoms with Crippen molar-refractivity contribution in [2.45, 2.75) is 40.8 Å². The van der Waals surface area contributed by atoms with Gasteiger partial charge in [-0.25, -0.2) is 4.79 Å². The van der Waals surface area contributed by atoms with Crippen LogP contribution in [-0.4, -0.2) is 28.3 Å². The van der Waals surface area contributed by atoms with Gasteiger partial charge in [-0.2, -0.15) is 5.10 Å². The summed E-state index contributed by atoms with van der Waals surface area (Å²) >= 11 is 0. The van der Waals surface area contributed by atoms with Gasteiger partial charge in [-0.1, -0.05) is 12.1 Å². The molecule has 2 aromatic rings. The quantitative estimate of drug-likeness (QED) is 0.753. The molecule has 0 bridgehead atoms. The molecule has 0 aliphatic carbocycles. The number of carbonyl (C=O) groups is 2. The first-order valence-electron chi connectivity index (χ1n) is 8.42. The summed E-state index contributed by atoms with van der Waals surface area (Å²) in [5.41, 5.74) is 3.99. The summed E-state index contributed by atoms with van der Waals surface area (Å²) in [6.07, 6.45) is 0. The maximum absolute atomic E-state index is 12.1. The molecule has 0 aliphatic heterocycles. The molecular weight excluding hydrogens is 318 g/mol. The minimum absolute atomic E-state index is 0.0985. The highest BCUT2D eigenvalue weighted by Gasteiger charge is 2.13. The molecule has 7 heteroatoms. The minimum Gasteiger partial charge on any atom is -0.352 e. The Kier molecular flexibility index (Phi) is 6.16. The number of nitrogens with one attached hydrogen (secondary N) is 3. The Morgan fingerprint density at radius 1 is 1.08 bits per heavy atom. The van der Waals surface area contributed by atoms with E-state index in [4.69, 9.17) is 0 Å². The van der Waals surface area contributed by atoms with Crippen LogP contribution in [0.3, 0.4) is 0 Å². The molecule has 3 amide bonds. The van der Waals surface area contributed by atoms with Gasteiger partial charge in [0, 0.05) is 25.2 Å². The number of carbonyl (C=O) groups excluding carboxylic acids is 2. The van der Waals surface area contributed by atoms with Crippen molar-refractivity contribution >= 4 is 17.6 Å². The number of rotatable bonds is 6. The van der Waals surface area contributed by atoms with Crippen LogP contribution in [0.25, 0.3) is 0 Å². The predicted octanol–water partition coefficient (Wildman–Crippen LogP) is 2.59. The first-order chi connectivity index (χ1) is 12.0. The highest BCUT2D eigenvalue weighted by atomic mass is 16.2. The summed E-state index contributed by atoms with van der Waals surface area (Å²) < 4.78 is 1.85. The lowest BCUT2D eigenvalue weighted by molar-refractivity contribution is 0.0956. The largest absolute Gasteiger partial charge is 0.352 e. The van der Waals surface area contributed by atoms with Crippen molar-refractivity contribution in [3.8, 4) is 0 Å². The molecule has 1 heterocycles. The summed E-state index contributed by atoms with van der Waals surface area (Å²) in [6, 6.07) is 6.88. The van der Waals surface area contributed by atoms with E-state index in [1.165, 1.54) is 0 Å². The Bertz CT molecular complexity index is 750. The summed E-state index contributed by atoms with van der Waals surface area (Å²) in [7, 11) is 0. The number of aryl methyl sites for hydroxylation is 2. The van der Waals surface area contributed by atoms with Crippen molar-refractivity contribution in [2.75, 3.05) is 11.9 Å². The Balaban J connectivity index is 1.92. The smallest absolute Gasteiger partial charge is 0.319 e. The van der Waals surface area contributed by atoms with E-state index in [9.17, 15) is 9.59 Å². The first kappa shape index (κ1) is 18.5. The van der Waals surface area contributed by atoms with Crippen molar-refractivity contribution in [3.05, 3.63) is 46.8 Å². The lowest BCUT2D eigenvalue weighted by Gasteiger charge is -2.09. The SMILES string of the molecule is CCNC(=O)c1ccc(CNC(=O)Nc2c(C)nn(CC)c2C)cc1. The number of anilines is 1. The molecule has 25 heavy (non-hydrogen) atoms. The molecule has 0 saturated carbocycles. The van der Waals surface area contributed by atoms with Gasteiger partial charge in [0.1, 0.15) is 0 Å². The van der Waals surface area contributed by atoms with Crippen molar-refractivity contribution in [1.29, 1.82) is 0 Å². The van der Waals surface area contributed by atoms with Crippen LogP contribution in [0, 0.1) is 13.8 Å². The molecule has 7 nitrogen and oxygen atoms in total. The molecule has 0 unspecified atom stereocenters. The fraction of sp³-hybridized carbons (Fsp3) is 0.389. The zero-order valence-electron chi connectivity index (χ0n) is 15.1. The van der Waals surface area contributed by atoms with Crippen molar-refractivity contribution in [1.82, 2.24) is 20.4 Å². The van der Waals surface area contributed by atoms with E-state index in [0.29, 0.717) is 18.7 Å². The van der Waals surface area contributed by atoms with Crippen molar-refractivity contribution in [3.63, 3.8) is 0 Å². The van der Waals surface area contributed by atoms with Gasteiger partial charge in [0.15, 0.2) is 0 Å². The third-order valence-electron chi connectivity index (χ3n) is 3.93. The van der Waals surface area contributed by atoms with Crippen LogP contribution in [-0.2, 0) is 13.1 Å². The molecule has 0 atom stereocenters. The Morgan fingerprint density at radius 2 is 1.76 bits per heavy atom. The summed E-state index contributed by atoms with van der Waals surface area (Å²) in [4.78, 5) is 23.8. The third-order valence-corrected chi connectivity index (χ3v) is 3.93. The van der Waals surface area contributed by atoms with Gasteiger partial charge < -0.3 is 16.0 Å². The fourth-order valence-corrected chi connectivity index (χ4v) is 2.56. The van der Waals surface area contributed by atoms with Crippen molar-refractivity contribution in [2.24, 2.45) is 0 Å². The molecule has 0 spiro atoms. The molecule has 134 valence electrons. The van der Waals surface area contributed by atoms with Crippen LogP contribution in [0.4, 0.5) is 10.5 Å². The molecule has 1 aromatic heterocycles. The van der Waals surface area contributed by atoms with Crippen LogP contribution in [0.2, 0.25) is 0 Å². The third kappa shape index (κ3) is 4.59. The average molecular weight is 343 g/mol. The van der Waals surface area contributed by atoms with E-state index >= 15 is 0 Å². The lowest BCUT2D eigenvalue weighted by Crippen LogP contribution is -2.28. The van der Waals surface area contributed by atoms with Gasteiger partial charge in [-0.15, -0.1) is 0 Å². The number of nitrogens with zero attached hydrogens (tertiary/aromatic N) is 2. The van der Waals surface area contributed by atoms with Gasteiger partial charge in [0.2, 0.25) is 0 Å². The van der Waals surface area contributed by atoms with E-state index < -0.39 is 0 Å². The number of hydrogen-bond donors (Lipinski definition) is 3. The van der Waals surface area contributed by atoms with E-state index in [1.807, 2.05) is 44.5 Å². The zero-order valence-corrected chi connectivity index (χ0v) is 15.1. The van der Waals surface area contributed by atoms with E-state index in [1.54, 1.807) is 12.1 Å². The van der Waals surface area contributed by atoms with Crippen LogP contribution in [0.15, 0.2) is 24.3 Å². The van der Waals surface area contributed by atoms with E-state index in [0.717, 1.165) is 29.2 Å². The monoisotopic (exact) mass is 343 g/mol. The Hall–Kier alpha value is -2.83. The van der Waals surface area contributed by atoms with Crippen LogP contribution >= 0.6 is 0 Å². The summed E-state index contributed by atoms with van der Waals surface area (Å²) in [5, 5.41) is 12.8. The normalized spacial score (nSPS) is 10.4. The number of urea groups is 1. The van der Waals surface area contributed by atoms with Gasteiger partial charge in [0.25, 0.3) is 5.91 Å². The van der Waals surface area contributed by atoms with Crippen LogP contribution in [0.1, 0.15) is 41.2 Å². The molecule has 0 saturated heterocycles. The topological polar surface area (TPSA) is 88.1 Å². The maximum Gasteiger partial charge on any atom is 0.319 e. The van der Waals surface area contributed by atoms with Gasteiger partial charge >= 0.3 is 6.03 Å². The number of aromatic nitrogens is 2. The molecule has 2 rings (SSSR count). The molecular formula is C18H25N5O2. The second kappa shape index (κ2) is 8.32. The Morgan fingerprint density at radius 3 is 2.32 bits per heavy atom. The minimum atomic E-state index is -0.283. The van der Waals surface area contributed by atoms with Gasteiger partial charge in [-0.05, 0) is 45.4 Å². The summed E-state index contributed by atoms with van der Waals surface area (Å²) in [5.74, 6) is -0.0985. The lowest BCUT2D eigenvalue weighted by atomic mass is 10.1. The average Bonchev–Trinajstić information content (AvgIpc) is 2.88. The van der Waals surface area contributed by atoms with Gasteiger partial charge in [-0.3, -0.25) is 9.48 Å².